The molecule has 6 rings (SSSR count). The SMILES string of the molecule is CCc1nn2c(C)cc(N3CCCN(C(=O)C4(O)CCOC4)CCC3)cc2c1N(C)c1nc(-c2ccc(F)cc2)c(C#N)s1. The zero-order valence-electron chi connectivity index (χ0n) is 25.2. The van der Waals surface area contributed by atoms with Crippen LogP contribution in [0.3, 0.4) is 0 Å². The second-order valence-electron chi connectivity index (χ2n) is 11.5. The summed E-state index contributed by atoms with van der Waals surface area (Å²) in [5.41, 5.74) is 4.70. The highest BCUT2D eigenvalue weighted by molar-refractivity contribution is 7.16. The summed E-state index contributed by atoms with van der Waals surface area (Å²) in [4.78, 5) is 24.5. The molecule has 4 aromatic rings. The van der Waals surface area contributed by atoms with E-state index in [0.29, 0.717) is 53.8 Å². The molecule has 1 N–H and O–H groups in total. The van der Waals surface area contributed by atoms with Gasteiger partial charge in [0.05, 0.1) is 30.1 Å². The molecular weight excluding hydrogens is 581 g/mol. The molecule has 2 saturated heterocycles. The first-order valence-electron chi connectivity index (χ1n) is 15.0. The minimum atomic E-state index is -1.40. The number of amides is 1. The normalized spacial score (nSPS) is 19.2. The van der Waals surface area contributed by atoms with Gasteiger partial charge in [-0.05, 0) is 62.6 Å². The fourth-order valence-corrected chi connectivity index (χ4v) is 7.00. The summed E-state index contributed by atoms with van der Waals surface area (Å²) in [6.07, 6.45) is 2.62. The van der Waals surface area contributed by atoms with Gasteiger partial charge in [-0.1, -0.05) is 18.3 Å². The Hall–Kier alpha value is -4.05. The zero-order valence-corrected chi connectivity index (χ0v) is 26.0. The molecule has 3 aromatic heterocycles. The van der Waals surface area contributed by atoms with E-state index in [1.807, 2.05) is 23.4 Å². The maximum absolute atomic E-state index is 13.6. The Labute approximate surface area is 259 Å². The maximum atomic E-state index is 13.6. The van der Waals surface area contributed by atoms with Gasteiger partial charge in [-0.15, -0.1) is 0 Å². The number of hydrogen-bond donors (Lipinski definition) is 1. The van der Waals surface area contributed by atoms with Crippen molar-refractivity contribution < 1.29 is 19.0 Å². The molecule has 1 unspecified atom stereocenters. The highest BCUT2D eigenvalue weighted by atomic mass is 32.1. The molecule has 0 bridgehead atoms. The largest absolute Gasteiger partial charge is 0.378 e. The topological polar surface area (TPSA) is 110 Å². The van der Waals surface area contributed by atoms with Crippen LogP contribution in [-0.4, -0.2) is 82.6 Å². The molecule has 2 aliphatic heterocycles. The summed E-state index contributed by atoms with van der Waals surface area (Å²) in [7, 11) is 1.94. The number of rotatable bonds is 6. The molecule has 2 aliphatic rings. The van der Waals surface area contributed by atoms with Gasteiger partial charge in [-0.2, -0.15) is 10.4 Å². The number of benzene rings is 1. The lowest BCUT2D eigenvalue weighted by Gasteiger charge is -2.34. The maximum Gasteiger partial charge on any atom is 0.257 e. The van der Waals surface area contributed by atoms with E-state index in [0.717, 1.165) is 54.2 Å². The van der Waals surface area contributed by atoms with Crippen molar-refractivity contribution >= 4 is 39.3 Å². The Morgan fingerprint density at radius 1 is 1.20 bits per heavy atom. The number of hydrogen-bond acceptors (Lipinski definition) is 9. The van der Waals surface area contributed by atoms with Gasteiger partial charge in [0.25, 0.3) is 5.91 Å². The summed E-state index contributed by atoms with van der Waals surface area (Å²) in [6.45, 7) is 7.31. The third-order valence-electron chi connectivity index (χ3n) is 8.50. The summed E-state index contributed by atoms with van der Waals surface area (Å²) in [6, 6.07) is 12.6. The Balaban J connectivity index is 1.28. The van der Waals surface area contributed by atoms with Crippen molar-refractivity contribution in [1.82, 2.24) is 19.5 Å². The van der Waals surface area contributed by atoms with Crippen molar-refractivity contribution in [2.45, 2.75) is 45.1 Å². The predicted molar refractivity (Wildman–Crippen MR) is 168 cm³/mol. The van der Waals surface area contributed by atoms with E-state index in [-0.39, 0.29) is 18.3 Å². The van der Waals surface area contributed by atoms with E-state index < -0.39 is 5.60 Å². The van der Waals surface area contributed by atoms with Crippen molar-refractivity contribution in [2.24, 2.45) is 0 Å². The third kappa shape index (κ3) is 5.51. The van der Waals surface area contributed by atoms with Crippen LogP contribution >= 0.6 is 11.3 Å². The van der Waals surface area contributed by atoms with E-state index in [1.54, 1.807) is 17.0 Å². The molecule has 5 heterocycles. The number of carbonyl (C=O) groups excluding carboxylic acids is 1. The van der Waals surface area contributed by atoms with Gasteiger partial charge in [0.15, 0.2) is 10.7 Å². The van der Waals surface area contributed by atoms with E-state index in [2.05, 4.69) is 30.0 Å². The van der Waals surface area contributed by atoms with Crippen LogP contribution in [0.2, 0.25) is 0 Å². The van der Waals surface area contributed by atoms with Crippen LogP contribution in [0, 0.1) is 24.1 Å². The molecule has 44 heavy (non-hydrogen) atoms. The van der Waals surface area contributed by atoms with Crippen LogP contribution in [0.25, 0.3) is 16.8 Å². The van der Waals surface area contributed by atoms with Crippen molar-refractivity contribution in [2.75, 3.05) is 56.2 Å². The highest BCUT2D eigenvalue weighted by Gasteiger charge is 2.42. The molecule has 0 radical (unpaired) electrons. The Morgan fingerprint density at radius 3 is 2.57 bits per heavy atom. The fraction of sp³-hybridized carbons (Fsp3) is 0.438. The van der Waals surface area contributed by atoms with Gasteiger partial charge in [-0.3, -0.25) is 4.79 Å². The minimum absolute atomic E-state index is 0.0714. The summed E-state index contributed by atoms with van der Waals surface area (Å²) in [5.74, 6) is -0.558. The van der Waals surface area contributed by atoms with Gasteiger partial charge in [0, 0.05) is 56.6 Å². The molecule has 0 spiro atoms. The number of aromatic nitrogens is 3. The Morgan fingerprint density at radius 2 is 1.93 bits per heavy atom. The van der Waals surface area contributed by atoms with Crippen LogP contribution in [0.5, 0.6) is 0 Å². The molecule has 2 fully saturated rings. The number of aliphatic hydroxyl groups is 1. The summed E-state index contributed by atoms with van der Waals surface area (Å²) < 4.78 is 20.8. The number of thiazole rings is 1. The second kappa shape index (κ2) is 12.1. The first kappa shape index (κ1) is 30.0. The van der Waals surface area contributed by atoms with Crippen LogP contribution in [-0.2, 0) is 16.0 Å². The average molecular weight is 618 g/mol. The molecule has 12 heteroatoms. The number of carbonyl (C=O) groups is 1. The van der Waals surface area contributed by atoms with Gasteiger partial charge in [0.2, 0.25) is 0 Å². The molecule has 1 amide bonds. The Kier molecular flexibility index (Phi) is 8.28. The van der Waals surface area contributed by atoms with E-state index in [4.69, 9.17) is 14.8 Å². The van der Waals surface area contributed by atoms with Gasteiger partial charge in [-0.25, -0.2) is 13.9 Å². The smallest absolute Gasteiger partial charge is 0.257 e. The zero-order chi connectivity index (χ0) is 31.0. The molecular formula is C32H36FN7O3S. The summed E-state index contributed by atoms with van der Waals surface area (Å²) in [5, 5.41) is 26.2. The van der Waals surface area contributed by atoms with Crippen molar-refractivity contribution in [3.8, 4) is 17.3 Å². The number of nitrogens with zero attached hydrogens (tertiary/aromatic N) is 7. The van der Waals surface area contributed by atoms with Crippen molar-refractivity contribution in [3.05, 3.63) is 58.5 Å². The lowest BCUT2D eigenvalue weighted by Crippen LogP contribution is -2.51. The molecule has 230 valence electrons. The Bertz CT molecular complexity index is 1710. The van der Waals surface area contributed by atoms with Gasteiger partial charge in [0.1, 0.15) is 22.5 Å². The summed E-state index contributed by atoms with van der Waals surface area (Å²) >= 11 is 1.30. The minimum Gasteiger partial charge on any atom is -0.378 e. The van der Waals surface area contributed by atoms with Crippen LogP contribution in [0.15, 0.2) is 36.4 Å². The molecule has 1 atom stereocenters. The van der Waals surface area contributed by atoms with Crippen LogP contribution < -0.4 is 9.80 Å². The van der Waals surface area contributed by atoms with Crippen molar-refractivity contribution in [1.29, 1.82) is 5.26 Å². The quantitative estimate of drug-likeness (QED) is 0.332. The first-order chi connectivity index (χ1) is 21.2. The first-order valence-corrected chi connectivity index (χ1v) is 15.8. The number of anilines is 3. The highest BCUT2D eigenvalue weighted by Crippen LogP contribution is 2.39. The van der Waals surface area contributed by atoms with Gasteiger partial charge < -0.3 is 24.5 Å². The molecule has 0 aliphatic carbocycles. The molecule has 1 aromatic carbocycles. The van der Waals surface area contributed by atoms with E-state index in [1.165, 1.54) is 23.5 Å². The fourth-order valence-electron chi connectivity index (χ4n) is 6.15. The molecule has 0 saturated carbocycles. The monoisotopic (exact) mass is 617 g/mol. The number of halogens is 1. The molecule has 10 nitrogen and oxygen atoms in total. The van der Waals surface area contributed by atoms with E-state index in [9.17, 15) is 19.6 Å². The van der Waals surface area contributed by atoms with E-state index >= 15 is 0 Å². The van der Waals surface area contributed by atoms with Gasteiger partial charge >= 0.3 is 0 Å². The third-order valence-corrected chi connectivity index (χ3v) is 9.53. The standard InChI is InChI=1S/C32H36FN7O3S/c1-4-25-29(37(3)31-35-28(27(19-34)44-31)22-7-9-23(33)10-8-22)26-18-24(17-21(2)40(26)36-25)38-12-5-14-39(15-6-13-38)30(41)32(42)11-16-43-20-32/h7-10,17-18,42H,4-6,11-16,20H2,1-3H3. The second-order valence-corrected chi connectivity index (χ2v) is 12.5. The lowest BCUT2D eigenvalue weighted by molar-refractivity contribution is -0.151. The van der Waals surface area contributed by atoms with Crippen LogP contribution in [0.1, 0.15) is 42.5 Å². The number of ether oxygens (including phenoxy) is 1. The number of fused-ring (bicyclic) bond motifs is 1. The average Bonchev–Trinajstić information content (AvgIpc) is 3.74. The lowest BCUT2D eigenvalue weighted by atomic mass is 10.0. The predicted octanol–water partition coefficient (Wildman–Crippen LogP) is 4.69. The van der Waals surface area contributed by atoms with Crippen molar-refractivity contribution in [3.63, 3.8) is 0 Å². The van der Waals surface area contributed by atoms with Crippen LogP contribution in [0.4, 0.5) is 20.9 Å². The number of aryl methyl sites for hydroxylation is 2. The number of pyridine rings is 1. The number of nitriles is 1.